The molecule has 4 nitrogen and oxygen atoms in total. The predicted octanol–water partition coefficient (Wildman–Crippen LogP) is 2.56. The number of nitrogens with zero attached hydrogens (tertiary/aromatic N) is 1. The number of carbonyl (C=O) groups is 1. The summed E-state index contributed by atoms with van der Waals surface area (Å²) in [6.45, 7) is 1.39. The van der Waals surface area contributed by atoms with E-state index in [9.17, 15) is 18.7 Å². The standard InChI is InChI=1S/C19H26F2N2O2/c20-19(21)9-6-15(7-10-19)16(13-24)22-18(25)17-8-11-23(17)12-14-4-2-1-3-5-14/h1-5,15-17,24H,6-13H2,(H,22,25). The Kier molecular flexibility index (Phi) is 5.69. The number of hydrogen-bond acceptors (Lipinski definition) is 3. The van der Waals surface area contributed by atoms with E-state index in [0.717, 1.165) is 25.1 Å². The Morgan fingerprint density at radius 3 is 2.48 bits per heavy atom. The molecule has 1 heterocycles. The van der Waals surface area contributed by atoms with E-state index in [1.54, 1.807) is 0 Å². The average Bonchev–Trinajstić information content (AvgIpc) is 2.58. The molecule has 1 aromatic carbocycles. The van der Waals surface area contributed by atoms with Gasteiger partial charge in [-0.3, -0.25) is 9.69 Å². The van der Waals surface area contributed by atoms with Crippen molar-refractivity contribution < 1.29 is 18.7 Å². The van der Waals surface area contributed by atoms with E-state index < -0.39 is 12.0 Å². The Morgan fingerprint density at radius 1 is 1.24 bits per heavy atom. The van der Waals surface area contributed by atoms with Crippen molar-refractivity contribution in [3.8, 4) is 0 Å². The van der Waals surface area contributed by atoms with Gasteiger partial charge in [0.15, 0.2) is 0 Å². The van der Waals surface area contributed by atoms with Gasteiger partial charge < -0.3 is 10.4 Å². The smallest absolute Gasteiger partial charge is 0.248 e. The van der Waals surface area contributed by atoms with E-state index in [1.807, 2.05) is 30.3 Å². The minimum Gasteiger partial charge on any atom is -0.394 e. The van der Waals surface area contributed by atoms with Crippen LogP contribution in [0.4, 0.5) is 8.78 Å². The summed E-state index contributed by atoms with van der Waals surface area (Å²) < 4.78 is 26.6. The Morgan fingerprint density at radius 2 is 1.92 bits per heavy atom. The van der Waals surface area contributed by atoms with Crippen LogP contribution in [0, 0.1) is 5.92 Å². The summed E-state index contributed by atoms with van der Waals surface area (Å²) in [6, 6.07) is 9.36. The molecule has 138 valence electrons. The van der Waals surface area contributed by atoms with Crippen molar-refractivity contribution in [1.82, 2.24) is 10.2 Å². The van der Waals surface area contributed by atoms with Crippen LogP contribution in [0.15, 0.2) is 30.3 Å². The van der Waals surface area contributed by atoms with Crippen molar-refractivity contribution in [2.75, 3.05) is 13.2 Å². The number of carbonyl (C=O) groups excluding carboxylic acids is 1. The molecule has 25 heavy (non-hydrogen) atoms. The van der Waals surface area contributed by atoms with Crippen LogP contribution in [0.1, 0.15) is 37.7 Å². The van der Waals surface area contributed by atoms with E-state index in [4.69, 9.17) is 0 Å². The van der Waals surface area contributed by atoms with Gasteiger partial charge in [-0.05, 0) is 30.7 Å². The fourth-order valence-corrected chi connectivity index (χ4v) is 3.80. The van der Waals surface area contributed by atoms with E-state index in [0.29, 0.717) is 12.8 Å². The molecule has 1 aromatic rings. The molecule has 1 aliphatic carbocycles. The monoisotopic (exact) mass is 352 g/mol. The maximum atomic E-state index is 13.3. The van der Waals surface area contributed by atoms with Crippen molar-refractivity contribution in [3.05, 3.63) is 35.9 Å². The lowest BCUT2D eigenvalue weighted by molar-refractivity contribution is -0.133. The number of likely N-dealkylation sites (tertiary alicyclic amines) is 1. The second-order valence-corrected chi connectivity index (χ2v) is 7.25. The van der Waals surface area contributed by atoms with Gasteiger partial charge in [0.1, 0.15) is 0 Å². The molecule has 0 bridgehead atoms. The molecule has 6 heteroatoms. The Balaban J connectivity index is 1.52. The summed E-state index contributed by atoms with van der Waals surface area (Å²) in [7, 11) is 0. The van der Waals surface area contributed by atoms with Crippen LogP contribution in [0.3, 0.4) is 0 Å². The number of halogens is 2. The van der Waals surface area contributed by atoms with Crippen LogP contribution in [0.5, 0.6) is 0 Å². The highest BCUT2D eigenvalue weighted by Crippen LogP contribution is 2.37. The summed E-state index contributed by atoms with van der Waals surface area (Å²) in [5.41, 5.74) is 1.16. The fraction of sp³-hybridized carbons (Fsp3) is 0.632. The molecule has 1 aliphatic heterocycles. The number of rotatable bonds is 6. The number of amides is 1. The summed E-state index contributed by atoms with van der Waals surface area (Å²) in [6.07, 6.45) is 1.16. The van der Waals surface area contributed by atoms with Gasteiger partial charge in [-0.25, -0.2) is 8.78 Å². The minimum atomic E-state index is -2.60. The normalized spacial score (nSPS) is 25.2. The molecule has 0 spiro atoms. The van der Waals surface area contributed by atoms with E-state index in [-0.39, 0.29) is 37.3 Å². The fourth-order valence-electron chi connectivity index (χ4n) is 3.80. The van der Waals surface area contributed by atoms with E-state index in [1.165, 1.54) is 0 Å². The number of aliphatic hydroxyl groups is 1. The highest BCUT2D eigenvalue weighted by molar-refractivity contribution is 5.83. The third kappa shape index (κ3) is 4.55. The summed E-state index contributed by atoms with van der Waals surface area (Å²) in [4.78, 5) is 14.7. The number of nitrogens with one attached hydrogen (secondary N) is 1. The number of benzene rings is 1. The summed E-state index contributed by atoms with van der Waals surface area (Å²) >= 11 is 0. The molecule has 2 aliphatic rings. The molecule has 2 fully saturated rings. The van der Waals surface area contributed by atoms with Crippen molar-refractivity contribution in [2.24, 2.45) is 5.92 Å². The lowest BCUT2D eigenvalue weighted by atomic mass is 9.82. The lowest BCUT2D eigenvalue weighted by Gasteiger charge is -2.41. The van der Waals surface area contributed by atoms with Crippen LogP contribution < -0.4 is 5.32 Å². The van der Waals surface area contributed by atoms with Crippen LogP contribution >= 0.6 is 0 Å². The quantitative estimate of drug-likeness (QED) is 0.827. The number of hydrogen-bond donors (Lipinski definition) is 2. The van der Waals surface area contributed by atoms with Crippen molar-refractivity contribution in [1.29, 1.82) is 0 Å². The predicted molar refractivity (Wildman–Crippen MR) is 91.2 cm³/mol. The van der Waals surface area contributed by atoms with Crippen molar-refractivity contribution >= 4 is 5.91 Å². The van der Waals surface area contributed by atoms with Crippen LogP contribution in [0.2, 0.25) is 0 Å². The average molecular weight is 352 g/mol. The highest BCUT2D eigenvalue weighted by atomic mass is 19.3. The van der Waals surface area contributed by atoms with Crippen LogP contribution in [-0.4, -0.2) is 47.1 Å². The molecule has 0 aromatic heterocycles. The lowest BCUT2D eigenvalue weighted by Crippen LogP contribution is -2.58. The largest absolute Gasteiger partial charge is 0.394 e. The van der Waals surface area contributed by atoms with Gasteiger partial charge in [0.2, 0.25) is 11.8 Å². The van der Waals surface area contributed by atoms with Crippen LogP contribution in [0.25, 0.3) is 0 Å². The third-order valence-corrected chi connectivity index (χ3v) is 5.52. The molecule has 1 amide bonds. The molecular weight excluding hydrogens is 326 g/mol. The van der Waals surface area contributed by atoms with Crippen molar-refractivity contribution in [3.63, 3.8) is 0 Å². The molecular formula is C19H26F2N2O2. The Bertz CT molecular complexity index is 572. The molecule has 1 saturated heterocycles. The zero-order chi connectivity index (χ0) is 17.9. The van der Waals surface area contributed by atoms with Gasteiger partial charge in [0.05, 0.1) is 18.7 Å². The van der Waals surface area contributed by atoms with Gasteiger partial charge in [0.25, 0.3) is 0 Å². The second kappa shape index (κ2) is 7.79. The number of alkyl halides is 2. The first-order chi connectivity index (χ1) is 12.0. The SMILES string of the molecule is O=C(NC(CO)C1CCC(F)(F)CC1)C1CCN1Cc1ccccc1. The Hall–Kier alpha value is -1.53. The van der Waals surface area contributed by atoms with Gasteiger partial charge in [-0.2, -0.15) is 0 Å². The molecule has 2 N–H and O–H groups in total. The van der Waals surface area contributed by atoms with E-state index in [2.05, 4.69) is 10.2 Å². The third-order valence-electron chi connectivity index (χ3n) is 5.52. The molecule has 0 radical (unpaired) electrons. The molecule has 2 unspecified atom stereocenters. The molecule has 1 saturated carbocycles. The summed E-state index contributed by atoms with van der Waals surface area (Å²) in [5.74, 6) is -2.77. The maximum absolute atomic E-state index is 13.3. The van der Waals surface area contributed by atoms with Gasteiger partial charge in [-0.15, -0.1) is 0 Å². The maximum Gasteiger partial charge on any atom is 0.248 e. The number of aliphatic hydroxyl groups excluding tert-OH is 1. The molecule has 2 atom stereocenters. The topological polar surface area (TPSA) is 52.6 Å². The van der Waals surface area contributed by atoms with Gasteiger partial charge in [0, 0.05) is 25.9 Å². The van der Waals surface area contributed by atoms with Gasteiger partial charge in [-0.1, -0.05) is 30.3 Å². The first kappa shape index (κ1) is 18.3. The van der Waals surface area contributed by atoms with Crippen LogP contribution in [-0.2, 0) is 11.3 Å². The zero-order valence-corrected chi connectivity index (χ0v) is 14.3. The van der Waals surface area contributed by atoms with Gasteiger partial charge >= 0.3 is 0 Å². The zero-order valence-electron chi connectivity index (χ0n) is 14.3. The second-order valence-electron chi connectivity index (χ2n) is 7.25. The highest BCUT2D eigenvalue weighted by Gasteiger charge is 2.40. The molecule has 3 rings (SSSR count). The summed E-state index contributed by atoms with van der Waals surface area (Å²) in [5, 5.41) is 12.5. The first-order valence-electron chi connectivity index (χ1n) is 9.05. The first-order valence-corrected chi connectivity index (χ1v) is 9.05. The minimum absolute atomic E-state index is 0.0729. The Labute approximate surface area is 147 Å². The van der Waals surface area contributed by atoms with Crippen molar-refractivity contribution in [2.45, 2.75) is 56.7 Å². The van der Waals surface area contributed by atoms with E-state index >= 15 is 0 Å².